The summed E-state index contributed by atoms with van der Waals surface area (Å²) >= 11 is 3.34. The molecule has 1 aromatic carbocycles. The molecule has 0 atom stereocenters. The molecule has 0 aliphatic heterocycles. The van der Waals surface area contributed by atoms with Crippen LogP contribution in [-0.2, 0) is 9.53 Å². The average molecular weight is 329 g/mol. The third kappa shape index (κ3) is 4.67. The number of rotatable bonds is 6. The number of esters is 1. The molecule has 0 amide bonds. The molecule has 0 aliphatic carbocycles. The average Bonchev–Trinajstić information content (AvgIpc) is 2.38. The molecule has 0 radical (unpaired) electrons. The first-order chi connectivity index (χ1) is 8.89. The van der Waals surface area contributed by atoms with Crippen molar-refractivity contribution in [3.8, 4) is 5.75 Å². The Bertz CT molecular complexity index is 469. The van der Waals surface area contributed by atoms with Gasteiger partial charge in [-0.2, -0.15) is 0 Å². The molecular formula is C14H17BrO4. The minimum absolute atomic E-state index is 0.266. The second-order valence-corrected chi connectivity index (χ2v) is 5.51. The Labute approximate surface area is 121 Å². The molecule has 0 bridgehead atoms. The number of carbonyl (C=O) groups excluding carboxylic acids is 2. The molecule has 0 saturated heterocycles. The largest absolute Gasteiger partial charge is 0.487 e. The summed E-state index contributed by atoms with van der Waals surface area (Å²) in [4.78, 5) is 22.0. The van der Waals surface area contributed by atoms with Crippen LogP contribution in [0.1, 0.15) is 37.0 Å². The molecule has 0 aromatic heterocycles. The molecule has 0 N–H and O–H groups in total. The highest BCUT2D eigenvalue weighted by molar-refractivity contribution is 9.10. The lowest BCUT2D eigenvalue weighted by Crippen LogP contribution is -2.29. The smallest absolute Gasteiger partial charge is 0.305 e. The summed E-state index contributed by atoms with van der Waals surface area (Å²) < 4.78 is 11.1. The molecule has 4 nitrogen and oxygen atoms in total. The van der Waals surface area contributed by atoms with Gasteiger partial charge in [-0.05, 0) is 42.3 Å². The van der Waals surface area contributed by atoms with E-state index in [1.807, 2.05) is 13.8 Å². The van der Waals surface area contributed by atoms with E-state index in [4.69, 9.17) is 4.74 Å². The van der Waals surface area contributed by atoms with E-state index in [-0.39, 0.29) is 12.4 Å². The summed E-state index contributed by atoms with van der Waals surface area (Å²) in [7, 11) is 1.36. The first-order valence-corrected chi connectivity index (χ1v) is 6.68. The summed E-state index contributed by atoms with van der Waals surface area (Å²) in [5.74, 6) is 0.317. The van der Waals surface area contributed by atoms with E-state index in [2.05, 4.69) is 20.7 Å². The Balaban J connectivity index is 2.77. The van der Waals surface area contributed by atoms with Crippen molar-refractivity contribution in [1.82, 2.24) is 0 Å². The predicted octanol–water partition coefficient (Wildman–Crippen LogP) is 3.37. The summed E-state index contributed by atoms with van der Waals surface area (Å²) in [5, 5.41) is 0. The topological polar surface area (TPSA) is 52.6 Å². The fourth-order valence-corrected chi connectivity index (χ4v) is 1.99. The Morgan fingerprint density at radius 1 is 1.42 bits per heavy atom. The lowest BCUT2D eigenvalue weighted by atomic mass is 10.0. The van der Waals surface area contributed by atoms with Gasteiger partial charge in [-0.3, -0.25) is 9.59 Å². The molecule has 19 heavy (non-hydrogen) atoms. The fourth-order valence-electron chi connectivity index (χ4n) is 1.55. The maximum absolute atomic E-state index is 11.1. The first-order valence-electron chi connectivity index (χ1n) is 5.89. The van der Waals surface area contributed by atoms with Gasteiger partial charge in [0.2, 0.25) is 0 Å². The van der Waals surface area contributed by atoms with Gasteiger partial charge < -0.3 is 9.47 Å². The van der Waals surface area contributed by atoms with Crippen LogP contribution in [0.15, 0.2) is 22.7 Å². The van der Waals surface area contributed by atoms with Crippen LogP contribution >= 0.6 is 15.9 Å². The molecule has 0 aliphatic rings. The number of halogens is 1. The summed E-state index contributed by atoms with van der Waals surface area (Å²) in [6.45, 7) is 3.77. The van der Waals surface area contributed by atoms with E-state index in [9.17, 15) is 9.59 Å². The third-order valence-electron chi connectivity index (χ3n) is 2.67. The third-order valence-corrected chi connectivity index (χ3v) is 3.51. The summed E-state index contributed by atoms with van der Waals surface area (Å²) in [5.41, 5.74) is -0.000594. The highest BCUT2D eigenvalue weighted by Gasteiger charge is 2.23. The SMILES string of the molecule is COC(=O)CCC(C)(C)Oc1cccc(C=O)c1Br. The first kappa shape index (κ1) is 15.7. The van der Waals surface area contributed by atoms with Crippen LogP contribution in [0.25, 0.3) is 0 Å². The zero-order valence-corrected chi connectivity index (χ0v) is 12.8. The van der Waals surface area contributed by atoms with Crippen LogP contribution in [0.3, 0.4) is 0 Å². The quantitative estimate of drug-likeness (QED) is 0.593. The monoisotopic (exact) mass is 328 g/mol. The van der Waals surface area contributed by atoms with Gasteiger partial charge in [0, 0.05) is 12.0 Å². The highest BCUT2D eigenvalue weighted by atomic mass is 79.9. The van der Waals surface area contributed by atoms with E-state index in [0.29, 0.717) is 22.2 Å². The number of hydrogen-bond donors (Lipinski definition) is 0. The lowest BCUT2D eigenvalue weighted by Gasteiger charge is -2.27. The summed E-state index contributed by atoms with van der Waals surface area (Å²) in [6, 6.07) is 5.22. The van der Waals surface area contributed by atoms with Crippen molar-refractivity contribution in [3.63, 3.8) is 0 Å². The van der Waals surface area contributed by atoms with Gasteiger partial charge in [-0.1, -0.05) is 12.1 Å². The van der Waals surface area contributed by atoms with Gasteiger partial charge in [0.1, 0.15) is 11.4 Å². The van der Waals surface area contributed by atoms with Crippen molar-refractivity contribution in [2.75, 3.05) is 7.11 Å². The number of carbonyl (C=O) groups is 2. The molecule has 0 saturated carbocycles. The Kier molecular flexibility index (Phi) is 5.54. The lowest BCUT2D eigenvalue weighted by molar-refractivity contribution is -0.141. The van der Waals surface area contributed by atoms with Crippen LogP contribution in [0.4, 0.5) is 0 Å². The molecule has 0 fully saturated rings. The Morgan fingerprint density at radius 3 is 2.68 bits per heavy atom. The van der Waals surface area contributed by atoms with Gasteiger partial charge in [-0.15, -0.1) is 0 Å². The van der Waals surface area contributed by atoms with Crippen molar-refractivity contribution in [3.05, 3.63) is 28.2 Å². The minimum Gasteiger partial charge on any atom is -0.487 e. The Hall–Kier alpha value is -1.36. The molecular weight excluding hydrogens is 312 g/mol. The maximum atomic E-state index is 11.1. The number of aldehydes is 1. The van der Waals surface area contributed by atoms with Crippen LogP contribution in [-0.4, -0.2) is 25.0 Å². The van der Waals surface area contributed by atoms with Gasteiger partial charge in [0.05, 0.1) is 11.6 Å². The molecule has 104 valence electrons. The van der Waals surface area contributed by atoms with Gasteiger partial charge in [0.15, 0.2) is 6.29 Å². The van der Waals surface area contributed by atoms with E-state index < -0.39 is 5.60 Å². The van der Waals surface area contributed by atoms with Crippen LogP contribution < -0.4 is 4.74 Å². The molecule has 0 unspecified atom stereocenters. The van der Waals surface area contributed by atoms with Crippen molar-refractivity contribution in [1.29, 1.82) is 0 Å². The van der Waals surface area contributed by atoms with Crippen LogP contribution in [0.5, 0.6) is 5.75 Å². The van der Waals surface area contributed by atoms with Crippen molar-refractivity contribution in [2.24, 2.45) is 0 Å². The summed E-state index contributed by atoms with van der Waals surface area (Å²) in [6.07, 6.45) is 1.57. The van der Waals surface area contributed by atoms with E-state index in [0.717, 1.165) is 6.29 Å². The number of hydrogen-bond acceptors (Lipinski definition) is 4. The van der Waals surface area contributed by atoms with Gasteiger partial charge in [-0.25, -0.2) is 0 Å². The molecule has 0 heterocycles. The van der Waals surface area contributed by atoms with Crippen molar-refractivity contribution < 1.29 is 19.1 Å². The van der Waals surface area contributed by atoms with Crippen molar-refractivity contribution in [2.45, 2.75) is 32.3 Å². The maximum Gasteiger partial charge on any atom is 0.305 e. The van der Waals surface area contributed by atoms with Crippen molar-refractivity contribution >= 4 is 28.2 Å². The fraction of sp³-hybridized carbons (Fsp3) is 0.429. The standard InChI is InChI=1S/C14H17BrO4/c1-14(2,8-7-12(17)18-3)19-11-6-4-5-10(9-16)13(11)15/h4-6,9H,7-8H2,1-3H3. The van der Waals surface area contributed by atoms with E-state index >= 15 is 0 Å². The molecule has 5 heteroatoms. The van der Waals surface area contributed by atoms with Gasteiger partial charge in [0.25, 0.3) is 0 Å². The number of ether oxygens (including phenoxy) is 2. The molecule has 0 spiro atoms. The van der Waals surface area contributed by atoms with Gasteiger partial charge >= 0.3 is 5.97 Å². The zero-order chi connectivity index (χ0) is 14.5. The minimum atomic E-state index is -0.530. The Morgan fingerprint density at radius 2 is 2.11 bits per heavy atom. The second kappa shape index (κ2) is 6.70. The molecule has 1 rings (SSSR count). The number of benzene rings is 1. The van der Waals surface area contributed by atoms with Crippen LogP contribution in [0.2, 0.25) is 0 Å². The molecule has 1 aromatic rings. The van der Waals surface area contributed by atoms with Crippen LogP contribution in [0, 0.1) is 0 Å². The van der Waals surface area contributed by atoms with E-state index in [1.54, 1.807) is 18.2 Å². The number of methoxy groups -OCH3 is 1. The highest BCUT2D eigenvalue weighted by Crippen LogP contribution is 2.31. The van der Waals surface area contributed by atoms with E-state index in [1.165, 1.54) is 7.11 Å². The normalized spacial score (nSPS) is 10.9. The zero-order valence-electron chi connectivity index (χ0n) is 11.2. The second-order valence-electron chi connectivity index (χ2n) is 4.72. The predicted molar refractivity (Wildman–Crippen MR) is 75.5 cm³/mol.